The van der Waals surface area contributed by atoms with Crippen molar-refractivity contribution in [3.05, 3.63) is 77.4 Å². The topological polar surface area (TPSA) is 118 Å². The first kappa shape index (κ1) is 25.6. The summed E-state index contributed by atoms with van der Waals surface area (Å²) in [4.78, 5) is 12.8. The molecule has 0 aliphatic heterocycles. The van der Waals surface area contributed by atoms with Crippen molar-refractivity contribution in [2.45, 2.75) is 18.7 Å². The number of nitrogens with one attached hydrogen (secondary N) is 1. The molecule has 184 valence electrons. The van der Waals surface area contributed by atoms with Gasteiger partial charge in [-0.05, 0) is 55.8 Å². The molecular weight excluding hydrogens is 470 g/mol. The second kappa shape index (κ2) is 10.9. The van der Waals surface area contributed by atoms with Crippen molar-refractivity contribution in [1.82, 2.24) is 5.43 Å². The molecule has 0 bridgehead atoms. The summed E-state index contributed by atoms with van der Waals surface area (Å²) < 4.78 is 38.6. The predicted octanol–water partition coefficient (Wildman–Crippen LogP) is 3.37. The number of rotatable bonds is 9. The highest BCUT2D eigenvalue weighted by atomic mass is 32.2. The summed E-state index contributed by atoms with van der Waals surface area (Å²) in [5.41, 5.74) is 4.53. The van der Waals surface area contributed by atoms with Gasteiger partial charge in [0.05, 0.1) is 31.0 Å². The number of phenolic OH excluding ortho intramolecular Hbond substituents is 1. The van der Waals surface area contributed by atoms with Crippen molar-refractivity contribution in [1.29, 1.82) is 0 Å². The Morgan fingerprint density at radius 2 is 1.66 bits per heavy atom. The second-order valence-corrected chi connectivity index (χ2v) is 9.55. The van der Waals surface area contributed by atoms with Crippen molar-refractivity contribution in [2.75, 3.05) is 25.1 Å². The van der Waals surface area contributed by atoms with Crippen LogP contribution in [0.2, 0.25) is 0 Å². The third-order valence-electron chi connectivity index (χ3n) is 5.14. The van der Waals surface area contributed by atoms with Gasteiger partial charge in [-0.15, -0.1) is 0 Å². The first-order valence-electron chi connectivity index (χ1n) is 10.6. The van der Waals surface area contributed by atoms with E-state index in [1.54, 1.807) is 48.5 Å². The molecule has 3 aromatic carbocycles. The van der Waals surface area contributed by atoms with Gasteiger partial charge in [0.15, 0.2) is 11.5 Å². The molecule has 0 aliphatic carbocycles. The van der Waals surface area contributed by atoms with Crippen molar-refractivity contribution in [3.63, 3.8) is 0 Å². The Kier molecular flexibility index (Phi) is 7.98. The highest BCUT2D eigenvalue weighted by molar-refractivity contribution is 7.92. The van der Waals surface area contributed by atoms with Crippen LogP contribution >= 0.6 is 0 Å². The lowest BCUT2D eigenvalue weighted by Gasteiger charge is -2.25. The average molecular weight is 498 g/mol. The van der Waals surface area contributed by atoms with Gasteiger partial charge in [-0.2, -0.15) is 5.10 Å². The van der Waals surface area contributed by atoms with Gasteiger partial charge in [-0.25, -0.2) is 13.8 Å². The largest absolute Gasteiger partial charge is 0.504 e. The minimum atomic E-state index is -4.12. The van der Waals surface area contributed by atoms with Crippen LogP contribution in [0, 0.1) is 13.8 Å². The zero-order valence-corrected chi connectivity index (χ0v) is 20.7. The van der Waals surface area contributed by atoms with Crippen molar-refractivity contribution >= 4 is 27.8 Å². The Morgan fingerprint density at radius 1 is 1.00 bits per heavy atom. The first-order valence-corrected chi connectivity index (χ1v) is 12.0. The first-order chi connectivity index (χ1) is 16.7. The number of carbonyl (C=O) groups is 1. The van der Waals surface area contributed by atoms with E-state index >= 15 is 0 Å². The van der Waals surface area contributed by atoms with Gasteiger partial charge in [-0.3, -0.25) is 9.10 Å². The highest BCUT2D eigenvalue weighted by Crippen LogP contribution is 2.33. The zero-order valence-electron chi connectivity index (χ0n) is 19.8. The standard InChI is InChI=1S/C25H27N3O6S/c1-17-8-11-20(12-9-17)35(31,32)28(21-14-18(2)10-13-22(21)33-3)16-24(29)27-26-15-19-6-5-7-23(34-4)25(19)30/h5-15,30H,16H2,1-4H3,(H,27,29)/b26-15-. The minimum Gasteiger partial charge on any atom is -0.504 e. The monoisotopic (exact) mass is 497 g/mol. The lowest BCUT2D eigenvalue weighted by atomic mass is 10.2. The van der Waals surface area contributed by atoms with Gasteiger partial charge in [-0.1, -0.05) is 29.8 Å². The summed E-state index contributed by atoms with van der Waals surface area (Å²) in [6.07, 6.45) is 1.24. The Morgan fingerprint density at radius 3 is 2.31 bits per heavy atom. The fourth-order valence-electron chi connectivity index (χ4n) is 3.28. The number of aryl methyl sites for hydroxylation is 2. The maximum absolute atomic E-state index is 13.6. The van der Waals surface area contributed by atoms with Gasteiger partial charge in [0, 0.05) is 5.56 Å². The lowest BCUT2D eigenvalue weighted by molar-refractivity contribution is -0.119. The smallest absolute Gasteiger partial charge is 0.264 e. The molecule has 35 heavy (non-hydrogen) atoms. The molecule has 0 atom stereocenters. The van der Waals surface area contributed by atoms with Crippen LogP contribution in [0.5, 0.6) is 17.2 Å². The molecule has 0 fully saturated rings. The number of nitrogens with zero attached hydrogens (tertiary/aromatic N) is 2. The van der Waals surface area contributed by atoms with Gasteiger partial charge in [0.25, 0.3) is 15.9 Å². The third-order valence-corrected chi connectivity index (χ3v) is 6.92. The SMILES string of the molecule is COc1ccc(C)cc1N(CC(=O)N/N=C\c1cccc(OC)c1O)S(=O)(=O)c1ccc(C)cc1. The molecule has 0 aromatic heterocycles. The number of aromatic hydroxyl groups is 1. The average Bonchev–Trinajstić information content (AvgIpc) is 2.83. The molecule has 0 spiro atoms. The number of hydrogen-bond donors (Lipinski definition) is 2. The Hall–Kier alpha value is -4.05. The predicted molar refractivity (Wildman–Crippen MR) is 134 cm³/mol. The molecule has 1 amide bonds. The molecule has 9 nitrogen and oxygen atoms in total. The van der Waals surface area contributed by atoms with Crippen LogP contribution in [0.3, 0.4) is 0 Å². The number of methoxy groups -OCH3 is 2. The molecule has 0 aliphatic rings. The number of para-hydroxylation sites is 1. The summed E-state index contributed by atoms with van der Waals surface area (Å²) in [5, 5.41) is 14.0. The van der Waals surface area contributed by atoms with Gasteiger partial charge in [0.1, 0.15) is 12.3 Å². The summed E-state index contributed by atoms with van der Waals surface area (Å²) >= 11 is 0. The van der Waals surface area contributed by atoms with Crippen molar-refractivity contribution in [2.24, 2.45) is 5.10 Å². The number of hydrogen-bond acceptors (Lipinski definition) is 7. The molecule has 3 aromatic rings. The molecule has 3 rings (SSSR count). The van der Waals surface area contributed by atoms with Crippen LogP contribution in [0.4, 0.5) is 5.69 Å². The van der Waals surface area contributed by atoms with E-state index in [1.807, 2.05) is 13.8 Å². The maximum atomic E-state index is 13.6. The molecule has 0 radical (unpaired) electrons. The molecule has 0 heterocycles. The summed E-state index contributed by atoms with van der Waals surface area (Å²) in [5.74, 6) is -0.282. The fraction of sp³-hybridized carbons (Fsp3) is 0.200. The normalized spacial score (nSPS) is 11.3. The Balaban J connectivity index is 1.92. The number of benzene rings is 3. The van der Waals surface area contributed by atoms with Gasteiger partial charge in [0.2, 0.25) is 0 Å². The van der Waals surface area contributed by atoms with Gasteiger partial charge >= 0.3 is 0 Å². The number of hydrazone groups is 1. The van der Waals surface area contributed by atoms with Crippen LogP contribution in [-0.4, -0.2) is 46.4 Å². The highest BCUT2D eigenvalue weighted by Gasteiger charge is 2.29. The second-order valence-electron chi connectivity index (χ2n) is 7.69. The Bertz CT molecular complexity index is 1340. The minimum absolute atomic E-state index is 0.0317. The summed E-state index contributed by atoms with van der Waals surface area (Å²) in [7, 11) is -1.28. The molecule has 0 unspecified atom stereocenters. The number of sulfonamides is 1. The van der Waals surface area contributed by atoms with E-state index in [-0.39, 0.29) is 22.1 Å². The fourth-order valence-corrected chi connectivity index (χ4v) is 4.70. The molecule has 0 saturated carbocycles. The number of ether oxygens (including phenoxy) is 2. The lowest BCUT2D eigenvalue weighted by Crippen LogP contribution is -2.39. The molecule has 2 N–H and O–H groups in total. The van der Waals surface area contributed by atoms with E-state index in [0.29, 0.717) is 11.3 Å². The van der Waals surface area contributed by atoms with Crippen LogP contribution < -0.4 is 19.2 Å². The Labute approximate surface area is 204 Å². The van der Waals surface area contributed by atoms with Crippen LogP contribution in [0.25, 0.3) is 0 Å². The van der Waals surface area contributed by atoms with E-state index in [9.17, 15) is 18.3 Å². The van der Waals surface area contributed by atoms with E-state index in [2.05, 4.69) is 10.5 Å². The number of anilines is 1. The van der Waals surface area contributed by atoms with E-state index in [4.69, 9.17) is 9.47 Å². The molecular formula is C25H27N3O6S. The summed E-state index contributed by atoms with van der Waals surface area (Å²) in [6, 6.07) is 16.2. The van der Waals surface area contributed by atoms with E-state index in [0.717, 1.165) is 15.4 Å². The van der Waals surface area contributed by atoms with Crippen LogP contribution in [0.15, 0.2) is 70.7 Å². The van der Waals surface area contributed by atoms with Gasteiger partial charge < -0.3 is 14.6 Å². The van der Waals surface area contributed by atoms with Crippen LogP contribution in [-0.2, 0) is 14.8 Å². The maximum Gasteiger partial charge on any atom is 0.264 e. The molecule has 10 heteroatoms. The molecule has 0 saturated heterocycles. The summed E-state index contributed by atoms with van der Waals surface area (Å²) in [6.45, 7) is 3.10. The van der Waals surface area contributed by atoms with E-state index in [1.165, 1.54) is 32.6 Å². The number of amides is 1. The van der Waals surface area contributed by atoms with Crippen molar-refractivity contribution in [3.8, 4) is 17.2 Å². The number of carbonyl (C=O) groups excluding carboxylic acids is 1. The number of phenols is 1. The quantitative estimate of drug-likeness (QED) is 0.346. The van der Waals surface area contributed by atoms with Crippen LogP contribution in [0.1, 0.15) is 16.7 Å². The van der Waals surface area contributed by atoms with Crippen molar-refractivity contribution < 1.29 is 27.8 Å². The third kappa shape index (κ3) is 5.90. The zero-order chi connectivity index (χ0) is 25.6. The van der Waals surface area contributed by atoms with E-state index < -0.39 is 22.5 Å².